The molecule has 0 aromatic heterocycles. The van der Waals surface area contributed by atoms with Gasteiger partial charge in [-0.15, -0.1) is 0 Å². The van der Waals surface area contributed by atoms with E-state index in [9.17, 15) is 39.9 Å². The molecule has 3 aromatic carbocycles. The van der Waals surface area contributed by atoms with Gasteiger partial charge in [-0.05, 0) is 30.7 Å². The quantitative estimate of drug-likeness (QED) is 0.165. The molecule has 0 radical (unpaired) electrons. The predicted molar refractivity (Wildman–Crippen MR) is 125 cm³/mol. The number of rotatable bonds is 12. The van der Waals surface area contributed by atoms with Gasteiger partial charge >= 0.3 is 24.9 Å². The molecular weight excluding hydrogens is 556 g/mol. The molecule has 216 valence electrons. The molecule has 3 aromatic rings. The fourth-order valence-corrected chi connectivity index (χ4v) is 3.77. The SMILES string of the molecule is CCC(OC(=O)COc1cccc(OC(F)F)c1)(c1ccccc1)c1ccc(OC(F)(F)C(F)C(F)(F)F)cc1. The Labute approximate surface area is 223 Å². The average Bonchev–Trinajstić information content (AvgIpc) is 2.90. The van der Waals surface area contributed by atoms with Crippen LogP contribution >= 0.6 is 0 Å². The third kappa shape index (κ3) is 7.54. The van der Waals surface area contributed by atoms with E-state index in [2.05, 4.69) is 9.47 Å². The second-order valence-corrected chi connectivity index (χ2v) is 8.26. The minimum atomic E-state index is -5.85. The van der Waals surface area contributed by atoms with Crippen LogP contribution in [0.15, 0.2) is 78.9 Å². The topological polar surface area (TPSA) is 54.0 Å². The molecule has 13 heteroatoms. The number of halogens is 8. The smallest absolute Gasteiger partial charge is 0.439 e. The van der Waals surface area contributed by atoms with Crippen molar-refractivity contribution in [1.82, 2.24) is 0 Å². The number of hydrogen-bond acceptors (Lipinski definition) is 5. The molecule has 0 aliphatic heterocycles. The van der Waals surface area contributed by atoms with Crippen LogP contribution in [0.4, 0.5) is 35.1 Å². The Morgan fingerprint density at radius 3 is 1.95 bits per heavy atom. The summed E-state index contributed by atoms with van der Waals surface area (Å²) in [6.45, 7) is -2.07. The molecule has 0 amide bonds. The van der Waals surface area contributed by atoms with Crippen LogP contribution in [-0.4, -0.2) is 37.6 Å². The number of hydrogen-bond donors (Lipinski definition) is 0. The molecule has 5 nitrogen and oxygen atoms in total. The molecule has 0 N–H and O–H groups in total. The highest BCUT2D eigenvalue weighted by atomic mass is 19.4. The van der Waals surface area contributed by atoms with Gasteiger partial charge in [0.2, 0.25) is 0 Å². The molecule has 0 aliphatic carbocycles. The van der Waals surface area contributed by atoms with Gasteiger partial charge in [0, 0.05) is 17.2 Å². The maximum Gasteiger partial charge on any atom is 0.439 e. The van der Waals surface area contributed by atoms with E-state index < -0.39 is 49.0 Å². The molecule has 40 heavy (non-hydrogen) atoms. The highest BCUT2D eigenvalue weighted by Crippen LogP contribution is 2.40. The lowest BCUT2D eigenvalue weighted by Gasteiger charge is -2.34. The maximum absolute atomic E-state index is 13.7. The van der Waals surface area contributed by atoms with E-state index in [1.807, 2.05) is 0 Å². The van der Waals surface area contributed by atoms with Crippen LogP contribution in [0.2, 0.25) is 0 Å². The molecule has 2 atom stereocenters. The van der Waals surface area contributed by atoms with E-state index in [1.165, 1.54) is 30.3 Å². The Morgan fingerprint density at radius 1 is 0.775 bits per heavy atom. The summed E-state index contributed by atoms with van der Waals surface area (Å²) in [4.78, 5) is 12.9. The summed E-state index contributed by atoms with van der Waals surface area (Å²) < 4.78 is 122. The van der Waals surface area contributed by atoms with Gasteiger partial charge < -0.3 is 18.9 Å². The van der Waals surface area contributed by atoms with E-state index in [4.69, 9.17) is 9.47 Å². The monoisotopic (exact) mass is 578 g/mol. The van der Waals surface area contributed by atoms with Crippen molar-refractivity contribution >= 4 is 5.97 Å². The first-order valence-corrected chi connectivity index (χ1v) is 11.6. The van der Waals surface area contributed by atoms with E-state index in [-0.39, 0.29) is 23.5 Å². The lowest BCUT2D eigenvalue weighted by Crippen LogP contribution is -2.45. The zero-order valence-corrected chi connectivity index (χ0v) is 20.6. The van der Waals surface area contributed by atoms with Crippen molar-refractivity contribution < 1.29 is 58.9 Å². The molecular formula is C27H22F8O5. The van der Waals surface area contributed by atoms with E-state index in [0.717, 1.165) is 18.2 Å². The predicted octanol–water partition coefficient (Wildman–Crippen LogP) is 7.44. The van der Waals surface area contributed by atoms with Crippen LogP contribution < -0.4 is 14.2 Å². The van der Waals surface area contributed by atoms with Crippen molar-refractivity contribution in [3.63, 3.8) is 0 Å². The second kappa shape index (κ2) is 12.4. The van der Waals surface area contributed by atoms with Crippen molar-refractivity contribution in [3.8, 4) is 17.2 Å². The lowest BCUT2D eigenvalue weighted by atomic mass is 9.83. The molecule has 0 aliphatic rings. The largest absolute Gasteiger partial charge is 0.482 e. The van der Waals surface area contributed by atoms with Crippen LogP contribution in [0.5, 0.6) is 17.2 Å². The highest BCUT2D eigenvalue weighted by molar-refractivity contribution is 5.72. The van der Waals surface area contributed by atoms with Crippen LogP contribution in [0.3, 0.4) is 0 Å². The zero-order valence-electron chi connectivity index (χ0n) is 20.6. The summed E-state index contributed by atoms with van der Waals surface area (Å²) >= 11 is 0. The lowest BCUT2D eigenvalue weighted by molar-refractivity contribution is -0.305. The standard InChI is InChI=1S/C27H22F8O5/c1-2-25(17-7-4-3-5-8-17,40-22(36)16-37-20-9-6-10-21(15-20)38-24(29)30)18-11-13-19(14-12-18)39-27(34,35)23(28)26(31,32)33/h3-15,23-24H,2,16H2,1H3. The Hall–Kier alpha value is -4.03. The third-order valence-electron chi connectivity index (χ3n) is 5.57. The number of alkyl halides is 8. The molecule has 3 rings (SSSR count). The summed E-state index contributed by atoms with van der Waals surface area (Å²) in [6.07, 6.45) is -15.5. The van der Waals surface area contributed by atoms with E-state index >= 15 is 0 Å². The first-order chi connectivity index (χ1) is 18.8. The number of carbonyl (C=O) groups is 1. The molecule has 0 saturated carbocycles. The normalized spacial score (nSPS) is 14.2. The van der Waals surface area contributed by atoms with Crippen molar-refractivity contribution in [2.24, 2.45) is 0 Å². The Kier molecular flexibility index (Phi) is 9.48. The van der Waals surface area contributed by atoms with Crippen LogP contribution in [-0.2, 0) is 15.1 Å². The van der Waals surface area contributed by atoms with Gasteiger partial charge in [0.25, 0.3) is 6.17 Å². The minimum absolute atomic E-state index is 0.0318. The number of esters is 1. The molecule has 0 saturated heterocycles. The Morgan fingerprint density at radius 2 is 1.38 bits per heavy atom. The van der Waals surface area contributed by atoms with Crippen molar-refractivity contribution in [2.45, 2.75) is 44.0 Å². The maximum atomic E-state index is 13.7. The molecule has 2 unspecified atom stereocenters. The van der Waals surface area contributed by atoms with Gasteiger partial charge in [0.1, 0.15) is 17.2 Å². The average molecular weight is 578 g/mol. The molecule has 0 fully saturated rings. The fraction of sp³-hybridized carbons (Fsp3) is 0.296. The summed E-state index contributed by atoms with van der Waals surface area (Å²) in [6, 6.07) is 17.5. The number of carbonyl (C=O) groups excluding carboxylic acids is 1. The van der Waals surface area contributed by atoms with Crippen LogP contribution in [0.1, 0.15) is 24.5 Å². The van der Waals surface area contributed by atoms with Crippen molar-refractivity contribution in [1.29, 1.82) is 0 Å². The summed E-state index contributed by atoms with van der Waals surface area (Å²) in [5.74, 6) is -1.83. The summed E-state index contributed by atoms with van der Waals surface area (Å²) in [5, 5.41) is 0. The summed E-state index contributed by atoms with van der Waals surface area (Å²) in [5.41, 5.74) is -0.832. The van der Waals surface area contributed by atoms with Crippen LogP contribution in [0, 0.1) is 0 Å². The first-order valence-electron chi connectivity index (χ1n) is 11.6. The Balaban J connectivity index is 1.83. The minimum Gasteiger partial charge on any atom is -0.482 e. The van der Waals surface area contributed by atoms with Gasteiger partial charge in [-0.25, -0.2) is 9.18 Å². The highest BCUT2D eigenvalue weighted by Gasteiger charge is 2.59. The van der Waals surface area contributed by atoms with E-state index in [0.29, 0.717) is 5.56 Å². The molecule has 0 heterocycles. The third-order valence-corrected chi connectivity index (χ3v) is 5.57. The van der Waals surface area contributed by atoms with Crippen molar-refractivity contribution in [2.75, 3.05) is 6.61 Å². The van der Waals surface area contributed by atoms with Crippen molar-refractivity contribution in [3.05, 3.63) is 90.0 Å². The Bertz CT molecular complexity index is 1250. The molecule has 0 spiro atoms. The second-order valence-electron chi connectivity index (χ2n) is 8.26. The van der Waals surface area contributed by atoms with Crippen LogP contribution in [0.25, 0.3) is 0 Å². The molecule has 0 bridgehead atoms. The summed E-state index contributed by atoms with van der Waals surface area (Å²) in [7, 11) is 0. The van der Waals surface area contributed by atoms with Gasteiger partial charge in [0.05, 0.1) is 0 Å². The van der Waals surface area contributed by atoms with Gasteiger partial charge in [-0.2, -0.15) is 30.7 Å². The van der Waals surface area contributed by atoms with Gasteiger partial charge in [0.15, 0.2) is 12.2 Å². The number of benzene rings is 3. The van der Waals surface area contributed by atoms with Gasteiger partial charge in [-0.3, -0.25) is 0 Å². The number of ether oxygens (including phenoxy) is 4. The van der Waals surface area contributed by atoms with E-state index in [1.54, 1.807) is 37.3 Å². The first kappa shape index (κ1) is 30.5. The fourth-order valence-electron chi connectivity index (χ4n) is 3.77. The van der Waals surface area contributed by atoms with Gasteiger partial charge in [-0.1, -0.05) is 55.5 Å². The zero-order chi connectivity index (χ0) is 29.6.